The highest BCUT2D eigenvalue weighted by Crippen LogP contribution is 2.41. The van der Waals surface area contributed by atoms with Crippen molar-refractivity contribution in [3.63, 3.8) is 0 Å². The number of Topliss-reactive ketones (excluding diaryl/α,β-unsaturated/α-hetero) is 1. The summed E-state index contributed by atoms with van der Waals surface area (Å²) in [6, 6.07) is 6.05. The molecule has 0 spiro atoms. The second kappa shape index (κ2) is 5.24. The monoisotopic (exact) mass is 306 g/mol. The van der Waals surface area contributed by atoms with E-state index in [1.807, 2.05) is 19.1 Å². The van der Waals surface area contributed by atoms with Gasteiger partial charge in [-0.1, -0.05) is 18.2 Å². The summed E-state index contributed by atoms with van der Waals surface area (Å²) in [5.41, 5.74) is 3.46. The highest BCUT2D eigenvalue weighted by molar-refractivity contribution is 7.93. The van der Waals surface area contributed by atoms with Crippen molar-refractivity contribution in [3.8, 4) is 0 Å². The molecule has 21 heavy (non-hydrogen) atoms. The molecule has 0 aliphatic carbocycles. The molecule has 0 saturated carbocycles. The van der Waals surface area contributed by atoms with Crippen LogP contribution >= 0.6 is 0 Å². The summed E-state index contributed by atoms with van der Waals surface area (Å²) in [7, 11) is -2.94. The zero-order valence-corrected chi connectivity index (χ0v) is 13.4. The maximum atomic E-state index is 12.6. The lowest BCUT2D eigenvalue weighted by Crippen LogP contribution is -2.36. The van der Waals surface area contributed by atoms with E-state index >= 15 is 0 Å². The molecule has 2 fully saturated rings. The molecule has 1 aromatic carbocycles. The molecule has 4 heteroatoms. The standard InChI is InChI=1S/C17H22O3S/c1-11-4-3-5-13(12(11)2)10-17(18)14-8-15-6-7-16(9-14)21(15,19)20/h3-5,14-16H,6-10H2,1-2H3. The average molecular weight is 306 g/mol. The van der Waals surface area contributed by atoms with E-state index in [-0.39, 0.29) is 22.2 Å². The van der Waals surface area contributed by atoms with Gasteiger partial charge < -0.3 is 0 Å². The molecule has 0 aromatic heterocycles. The number of carbonyl (C=O) groups excluding carboxylic acids is 1. The molecule has 1 aromatic rings. The lowest BCUT2D eigenvalue weighted by Gasteiger charge is -2.27. The Morgan fingerprint density at radius 1 is 1.14 bits per heavy atom. The van der Waals surface area contributed by atoms with E-state index in [4.69, 9.17) is 0 Å². The Labute approximate surface area is 126 Å². The molecule has 3 nitrogen and oxygen atoms in total. The molecule has 3 rings (SSSR count). The van der Waals surface area contributed by atoms with Crippen molar-refractivity contribution >= 4 is 15.6 Å². The largest absolute Gasteiger partial charge is 0.299 e. The predicted octanol–water partition coefficient (Wildman–Crippen LogP) is 2.77. The molecule has 2 saturated heterocycles. The number of ketones is 1. The van der Waals surface area contributed by atoms with Gasteiger partial charge in [-0.15, -0.1) is 0 Å². The van der Waals surface area contributed by atoms with Crippen molar-refractivity contribution in [3.05, 3.63) is 34.9 Å². The molecule has 2 heterocycles. The second-order valence-electron chi connectivity index (χ2n) is 6.58. The molecule has 0 N–H and O–H groups in total. The molecule has 2 bridgehead atoms. The Hall–Kier alpha value is -1.16. The van der Waals surface area contributed by atoms with E-state index < -0.39 is 9.84 Å². The van der Waals surface area contributed by atoms with E-state index in [0.717, 1.165) is 18.4 Å². The Bertz CT molecular complexity index is 655. The number of hydrogen-bond donors (Lipinski definition) is 0. The molecule has 2 unspecified atom stereocenters. The molecule has 2 aliphatic rings. The summed E-state index contributed by atoms with van der Waals surface area (Å²) in [6.07, 6.45) is 3.03. The van der Waals surface area contributed by atoms with Crippen molar-refractivity contribution in [2.45, 2.75) is 56.5 Å². The Morgan fingerprint density at radius 3 is 2.38 bits per heavy atom. The first-order valence-electron chi connectivity index (χ1n) is 7.70. The average Bonchev–Trinajstić information content (AvgIpc) is 2.64. The van der Waals surface area contributed by atoms with Gasteiger partial charge in [0.25, 0.3) is 0 Å². The van der Waals surface area contributed by atoms with Gasteiger partial charge in [-0.05, 0) is 56.2 Å². The quantitative estimate of drug-likeness (QED) is 0.863. The van der Waals surface area contributed by atoms with Gasteiger partial charge in [0.05, 0.1) is 10.5 Å². The van der Waals surface area contributed by atoms with Gasteiger partial charge in [0, 0.05) is 12.3 Å². The summed E-state index contributed by atoms with van der Waals surface area (Å²) in [5.74, 6) is 0.154. The van der Waals surface area contributed by atoms with Crippen LogP contribution in [0.2, 0.25) is 0 Å². The van der Waals surface area contributed by atoms with Gasteiger partial charge in [0.1, 0.15) is 5.78 Å². The number of fused-ring (bicyclic) bond motifs is 2. The summed E-state index contributed by atoms with van der Waals surface area (Å²) in [6.45, 7) is 4.10. The van der Waals surface area contributed by atoms with Crippen LogP contribution in [0.15, 0.2) is 18.2 Å². The first kappa shape index (κ1) is 14.8. The Balaban J connectivity index is 1.74. The second-order valence-corrected chi connectivity index (χ2v) is 9.09. The van der Waals surface area contributed by atoms with Crippen molar-refractivity contribution in [1.82, 2.24) is 0 Å². The van der Waals surface area contributed by atoms with E-state index in [9.17, 15) is 13.2 Å². The minimum absolute atomic E-state index is 0.0639. The van der Waals surface area contributed by atoms with Gasteiger partial charge in [-0.25, -0.2) is 8.42 Å². The minimum Gasteiger partial charge on any atom is -0.299 e. The maximum Gasteiger partial charge on any atom is 0.156 e. The number of rotatable bonds is 3. The lowest BCUT2D eigenvalue weighted by atomic mass is 9.89. The topological polar surface area (TPSA) is 51.2 Å². The Morgan fingerprint density at radius 2 is 1.76 bits per heavy atom. The van der Waals surface area contributed by atoms with E-state index in [0.29, 0.717) is 19.3 Å². The van der Waals surface area contributed by atoms with Crippen LogP contribution in [0.5, 0.6) is 0 Å². The SMILES string of the molecule is Cc1cccc(CC(=O)C2CC3CCC(C2)S3(=O)=O)c1C. The number of benzene rings is 1. The zero-order valence-electron chi connectivity index (χ0n) is 12.6. The summed E-state index contributed by atoms with van der Waals surface area (Å²) in [4.78, 5) is 12.6. The summed E-state index contributed by atoms with van der Waals surface area (Å²) in [5, 5.41) is -0.521. The molecule has 0 amide bonds. The van der Waals surface area contributed by atoms with Gasteiger partial charge in [-0.3, -0.25) is 4.79 Å². The minimum atomic E-state index is -2.94. The molecular weight excluding hydrogens is 284 g/mol. The zero-order chi connectivity index (χ0) is 15.2. The third-order valence-electron chi connectivity index (χ3n) is 5.37. The van der Waals surface area contributed by atoms with Crippen LogP contribution in [0.1, 0.15) is 42.4 Å². The van der Waals surface area contributed by atoms with Gasteiger partial charge in [-0.2, -0.15) is 0 Å². The van der Waals surface area contributed by atoms with Crippen LogP contribution in [-0.2, 0) is 21.1 Å². The number of hydrogen-bond acceptors (Lipinski definition) is 3. The molecular formula is C17H22O3S. The van der Waals surface area contributed by atoms with Crippen LogP contribution in [0.4, 0.5) is 0 Å². The van der Waals surface area contributed by atoms with Gasteiger partial charge >= 0.3 is 0 Å². The van der Waals surface area contributed by atoms with Crippen LogP contribution in [0.25, 0.3) is 0 Å². The number of sulfone groups is 1. The fourth-order valence-corrected chi connectivity index (χ4v) is 6.28. The van der Waals surface area contributed by atoms with Gasteiger partial charge in [0.15, 0.2) is 9.84 Å². The van der Waals surface area contributed by atoms with E-state index in [1.54, 1.807) is 0 Å². The highest BCUT2D eigenvalue weighted by Gasteiger charge is 2.48. The van der Waals surface area contributed by atoms with Gasteiger partial charge in [0.2, 0.25) is 0 Å². The van der Waals surface area contributed by atoms with Crippen LogP contribution in [0, 0.1) is 19.8 Å². The fourth-order valence-electron chi connectivity index (χ4n) is 3.81. The predicted molar refractivity (Wildman–Crippen MR) is 83.1 cm³/mol. The third-order valence-corrected chi connectivity index (χ3v) is 8.09. The summed E-state index contributed by atoms with van der Waals surface area (Å²) >= 11 is 0. The van der Waals surface area contributed by atoms with Crippen LogP contribution in [0.3, 0.4) is 0 Å². The fraction of sp³-hybridized carbons (Fsp3) is 0.588. The van der Waals surface area contributed by atoms with Crippen molar-refractivity contribution < 1.29 is 13.2 Å². The lowest BCUT2D eigenvalue weighted by molar-refractivity contribution is -0.122. The van der Waals surface area contributed by atoms with Crippen molar-refractivity contribution in [2.75, 3.05) is 0 Å². The first-order valence-corrected chi connectivity index (χ1v) is 9.31. The maximum absolute atomic E-state index is 12.6. The first-order chi connectivity index (χ1) is 9.89. The van der Waals surface area contributed by atoms with Crippen LogP contribution < -0.4 is 0 Å². The Kier molecular flexibility index (Phi) is 3.68. The highest BCUT2D eigenvalue weighted by atomic mass is 32.2. The van der Waals surface area contributed by atoms with E-state index in [2.05, 4.69) is 13.0 Å². The normalized spacial score (nSPS) is 30.3. The third kappa shape index (κ3) is 2.54. The molecule has 114 valence electrons. The smallest absolute Gasteiger partial charge is 0.156 e. The van der Waals surface area contributed by atoms with Crippen LogP contribution in [-0.4, -0.2) is 24.7 Å². The summed E-state index contributed by atoms with van der Waals surface area (Å²) < 4.78 is 24.2. The number of carbonyl (C=O) groups is 1. The van der Waals surface area contributed by atoms with E-state index in [1.165, 1.54) is 11.1 Å². The number of aryl methyl sites for hydroxylation is 1. The molecule has 2 atom stereocenters. The van der Waals surface area contributed by atoms with Crippen molar-refractivity contribution in [2.24, 2.45) is 5.92 Å². The van der Waals surface area contributed by atoms with Crippen molar-refractivity contribution in [1.29, 1.82) is 0 Å². The molecule has 2 aliphatic heterocycles. The molecule has 0 radical (unpaired) electrons.